The first-order valence-corrected chi connectivity index (χ1v) is 8.86. The zero-order valence-corrected chi connectivity index (χ0v) is 15.1. The van der Waals surface area contributed by atoms with Gasteiger partial charge in [-0.3, -0.25) is 9.59 Å². The molecule has 0 unspecified atom stereocenters. The number of benzene rings is 2. The quantitative estimate of drug-likeness (QED) is 0.773. The van der Waals surface area contributed by atoms with Crippen LogP contribution in [0.25, 0.3) is 0 Å². The molecule has 27 heavy (non-hydrogen) atoms. The Labute approximate surface area is 157 Å². The Morgan fingerprint density at radius 3 is 2.07 bits per heavy atom. The fraction of sp³-hybridized carbons (Fsp3) is 0.250. The van der Waals surface area contributed by atoms with E-state index in [1.54, 1.807) is 53.4 Å². The van der Waals surface area contributed by atoms with Crippen molar-refractivity contribution in [2.75, 3.05) is 29.0 Å². The van der Waals surface area contributed by atoms with E-state index < -0.39 is 0 Å². The summed E-state index contributed by atoms with van der Waals surface area (Å²) in [6, 6.07) is 13.6. The maximum absolute atomic E-state index is 12.5. The van der Waals surface area contributed by atoms with Gasteiger partial charge in [-0.2, -0.15) is 0 Å². The van der Waals surface area contributed by atoms with Gasteiger partial charge >= 0.3 is 6.03 Å². The topological polar surface area (TPSA) is 90.5 Å². The van der Waals surface area contributed by atoms with Gasteiger partial charge < -0.3 is 20.9 Å². The number of nitrogens with zero attached hydrogens (tertiary/aromatic N) is 1. The van der Waals surface area contributed by atoms with E-state index in [1.165, 1.54) is 6.92 Å². The van der Waals surface area contributed by atoms with Crippen LogP contribution in [0.4, 0.5) is 21.9 Å². The van der Waals surface area contributed by atoms with Gasteiger partial charge in [0.05, 0.1) is 0 Å². The van der Waals surface area contributed by atoms with Gasteiger partial charge in [-0.25, -0.2) is 4.79 Å². The van der Waals surface area contributed by atoms with Crippen LogP contribution in [-0.2, 0) is 4.79 Å². The van der Waals surface area contributed by atoms with Crippen molar-refractivity contribution in [3.63, 3.8) is 0 Å². The average molecular weight is 366 g/mol. The lowest BCUT2D eigenvalue weighted by Crippen LogP contribution is -2.32. The van der Waals surface area contributed by atoms with Crippen molar-refractivity contribution in [1.29, 1.82) is 0 Å². The van der Waals surface area contributed by atoms with Gasteiger partial charge in [-0.15, -0.1) is 0 Å². The number of rotatable bonds is 4. The van der Waals surface area contributed by atoms with Crippen molar-refractivity contribution >= 4 is 34.9 Å². The summed E-state index contributed by atoms with van der Waals surface area (Å²) in [5.41, 5.74) is 2.18. The fourth-order valence-electron chi connectivity index (χ4n) is 2.94. The number of carbonyl (C=O) groups excluding carboxylic acids is 3. The summed E-state index contributed by atoms with van der Waals surface area (Å²) in [4.78, 5) is 37.6. The molecule has 3 rings (SSSR count). The van der Waals surface area contributed by atoms with Crippen LogP contribution < -0.4 is 16.0 Å². The number of carbonyl (C=O) groups is 3. The van der Waals surface area contributed by atoms with Gasteiger partial charge in [-0.1, -0.05) is 12.1 Å². The molecular formula is C20H22N4O3. The van der Waals surface area contributed by atoms with Crippen LogP contribution in [-0.4, -0.2) is 35.8 Å². The summed E-state index contributed by atoms with van der Waals surface area (Å²) in [6.45, 7) is 2.95. The Balaban J connectivity index is 1.66. The Kier molecular flexibility index (Phi) is 5.71. The monoisotopic (exact) mass is 366 g/mol. The summed E-state index contributed by atoms with van der Waals surface area (Å²) in [7, 11) is 0. The number of hydrogen-bond donors (Lipinski definition) is 3. The molecule has 1 heterocycles. The maximum Gasteiger partial charge on any atom is 0.321 e. The van der Waals surface area contributed by atoms with Crippen LogP contribution in [0.2, 0.25) is 0 Å². The number of anilines is 3. The third-order valence-corrected chi connectivity index (χ3v) is 4.21. The zero-order valence-electron chi connectivity index (χ0n) is 15.1. The maximum atomic E-state index is 12.5. The predicted molar refractivity (Wildman–Crippen MR) is 105 cm³/mol. The molecule has 1 fully saturated rings. The summed E-state index contributed by atoms with van der Waals surface area (Å²) < 4.78 is 0. The van der Waals surface area contributed by atoms with E-state index in [9.17, 15) is 14.4 Å². The molecule has 0 aliphatic carbocycles. The average Bonchev–Trinajstić information content (AvgIpc) is 3.16. The second-order valence-electron chi connectivity index (χ2n) is 6.42. The third-order valence-electron chi connectivity index (χ3n) is 4.21. The molecule has 2 aromatic carbocycles. The highest BCUT2D eigenvalue weighted by Gasteiger charge is 2.17. The first kappa shape index (κ1) is 18.4. The first-order chi connectivity index (χ1) is 13.0. The van der Waals surface area contributed by atoms with E-state index in [0.717, 1.165) is 25.9 Å². The minimum absolute atomic E-state index is 0.126. The summed E-state index contributed by atoms with van der Waals surface area (Å²) >= 11 is 0. The van der Waals surface area contributed by atoms with Gasteiger partial charge in [0.2, 0.25) is 5.91 Å². The lowest BCUT2D eigenvalue weighted by atomic mass is 10.1. The van der Waals surface area contributed by atoms with Crippen molar-refractivity contribution in [3.8, 4) is 0 Å². The number of likely N-dealkylation sites (tertiary alicyclic amines) is 1. The minimum atomic E-state index is -0.301. The van der Waals surface area contributed by atoms with Gasteiger partial charge in [0.25, 0.3) is 5.91 Å². The molecule has 2 aromatic rings. The molecule has 0 saturated carbocycles. The highest BCUT2D eigenvalue weighted by molar-refractivity contribution is 6.05. The molecule has 1 aliphatic heterocycles. The van der Waals surface area contributed by atoms with Crippen LogP contribution in [0.15, 0.2) is 48.5 Å². The van der Waals surface area contributed by atoms with Crippen LogP contribution >= 0.6 is 0 Å². The normalized spacial score (nSPS) is 13.1. The minimum Gasteiger partial charge on any atom is -0.326 e. The number of hydrogen-bond acceptors (Lipinski definition) is 3. The Bertz CT molecular complexity index is 860. The van der Waals surface area contributed by atoms with Crippen molar-refractivity contribution in [3.05, 3.63) is 54.1 Å². The Morgan fingerprint density at radius 2 is 1.41 bits per heavy atom. The standard InChI is InChI=1S/C20H22N4O3/c1-14(25)21-16-7-4-6-15(12-16)19(26)22-17-8-5-9-18(13-17)23-20(27)24-10-2-3-11-24/h4-9,12-13H,2-3,10-11H2,1H3,(H,21,25)(H,22,26)(H,23,27). The first-order valence-electron chi connectivity index (χ1n) is 8.86. The molecule has 7 nitrogen and oxygen atoms in total. The molecule has 1 aliphatic rings. The predicted octanol–water partition coefficient (Wildman–Crippen LogP) is 3.53. The SMILES string of the molecule is CC(=O)Nc1cccc(C(=O)Nc2cccc(NC(=O)N3CCCC3)c2)c1. The lowest BCUT2D eigenvalue weighted by Gasteiger charge is -2.16. The van der Waals surface area contributed by atoms with Crippen LogP contribution in [0.1, 0.15) is 30.1 Å². The van der Waals surface area contributed by atoms with E-state index in [4.69, 9.17) is 0 Å². The second kappa shape index (κ2) is 8.35. The molecular weight excluding hydrogens is 344 g/mol. The molecule has 3 N–H and O–H groups in total. The van der Waals surface area contributed by atoms with Crippen LogP contribution in [0, 0.1) is 0 Å². The van der Waals surface area contributed by atoms with Crippen LogP contribution in [0.5, 0.6) is 0 Å². The van der Waals surface area contributed by atoms with E-state index in [1.807, 2.05) is 0 Å². The molecule has 0 bridgehead atoms. The molecule has 0 radical (unpaired) electrons. The molecule has 0 aromatic heterocycles. The number of urea groups is 1. The van der Waals surface area contributed by atoms with Crippen molar-refractivity contribution < 1.29 is 14.4 Å². The summed E-state index contributed by atoms with van der Waals surface area (Å²) in [5, 5.41) is 8.31. The Hall–Kier alpha value is -3.35. The molecule has 140 valence electrons. The van der Waals surface area contributed by atoms with Gasteiger partial charge in [0.15, 0.2) is 0 Å². The molecule has 0 spiro atoms. The van der Waals surface area contributed by atoms with Gasteiger partial charge in [-0.05, 0) is 49.2 Å². The van der Waals surface area contributed by atoms with Gasteiger partial charge in [0, 0.05) is 42.6 Å². The van der Waals surface area contributed by atoms with Crippen molar-refractivity contribution in [2.24, 2.45) is 0 Å². The summed E-state index contributed by atoms with van der Waals surface area (Å²) in [5.74, 6) is -0.501. The smallest absolute Gasteiger partial charge is 0.321 e. The van der Waals surface area contributed by atoms with Crippen molar-refractivity contribution in [2.45, 2.75) is 19.8 Å². The van der Waals surface area contributed by atoms with E-state index in [-0.39, 0.29) is 17.8 Å². The zero-order chi connectivity index (χ0) is 19.2. The van der Waals surface area contributed by atoms with E-state index >= 15 is 0 Å². The van der Waals surface area contributed by atoms with Crippen LogP contribution in [0.3, 0.4) is 0 Å². The van der Waals surface area contributed by atoms with Gasteiger partial charge in [0.1, 0.15) is 0 Å². The largest absolute Gasteiger partial charge is 0.326 e. The molecule has 4 amide bonds. The molecule has 0 atom stereocenters. The van der Waals surface area contributed by atoms with E-state index in [2.05, 4.69) is 16.0 Å². The second-order valence-corrected chi connectivity index (χ2v) is 6.42. The number of amides is 4. The molecule has 7 heteroatoms. The van der Waals surface area contributed by atoms with E-state index in [0.29, 0.717) is 22.6 Å². The highest BCUT2D eigenvalue weighted by Crippen LogP contribution is 2.18. The third kappa shape index (κ3) is 5.07. The molecule has 1 saturated heterocycles. The lowest BCUT2D eigenvalue weighted by molar-refractivity contribution is -0.114. The fourth-order valence-corrected chi connectivity index (χ4v) is 2.94. The Morgan fingerprint density at radius 1 is 0.815 bits per heavy atom. The highest BCUT2D eigenvalue weighted by atomic mass is 16.2. The number of nitrogens with one attached hydrogen (secondary N) is 3. The summed E-state index contributed by atoms with van der Waals surface area (Å²) in [6.07, 6.45) is 2.06. The van der Waals surface area contributed by atoms with Crippen molar-refractivity contribution in [1.82, 2.24) is 4.90 Å².